The molecule has 0 unspecified atom stereocenters. The molecule has 0 bridgehead atoms. The molecule has 2 aromatic carbocycles. The van der Waals surface area contributed by atoms with Crippen molar-refractivity contribution in [2.24, 2.45) is 5.92 Å². The second-order valence-corrected chi connectivity index (χ2v) is 12.1. The lowest BCUT2D eigenvalue weighted by Gasteiger charge is -2.21. The first kappa shape index (κ1) is 28.2. The zero-order chi connectivity index (χ0) is 27.3. The summed E-state index contributed by atoms with van der Waals surface area (Å²) >= 11 is 12.9. The van der Waals surface area contributed by atoms with Crippen molar-refractivity contribution in [3.8, 4) is 5.75 Å². The van der Waals surface area contributed by atoms with Gasteiger partial charge >= 0.3 is 0 Å². The number of halogens is 2. The molecule has 0 atom stereocenters. The Morgan fingerprint density at radius 1 is 1.11 bits per heavy atom. The molecule has 202 valence electrons. The summed E-state index contributed by atoms with van der Waals surface area (Å²) in [7, 11) is -4.00. The van der Waals surface area contributed by atoms with Crippen LogP contribution in [0.2, 0.25) is 10.2 Å². The van der Waals surface area contributed by atoms with E-state index >= 15 is 0 Å². The number of sulfonamides is 1. The number of aromatic nitrogens is 2. The highest BCUT2D eigenvalue weighted by Crippen LogP contribution is 2.28. The van der Waals surface area contributed by atoms with Crippen molar-refractivity contribution in [1.82, 2.24) is 14.3 Å². The smallest absolute Gasteiger partial charge is 0.264 e. The van der Waals surface area contributed by atoms with Gasteiger partial charge in [0.1, 0.15) is 11.6 Å². The number of carbonyl (C=O) groups is 1. The highest BCUT2D eigenvalue weighted by atomic mass is 35.5. The van der Waals surface area contributed by atoms with E-state index in [9.17, 15) is 13.2 Å². The predicted molar refractivity (Wildman–Crippen MR) is 150 cm³/mol. The van der Waals surface area contributed by atoms with Crippen molar-refractivity contribution >= 4 is 45.2 Å². The molecule has 7 nitrogen and oxygen atoms in total. The van der Waals surface area contributed by atoms with E-state index in [1.54, 1.807) is 19.1 Å². The topological polar surface area (TPSA) is 90.3 Å². The minimum atomic E-state index is -4.00. The number of imidazole rings is 1. The molecule has 1 aliphatic carbocycles. The maximum absolute atomic E-state index is 12.5. The number of hydrogen-bond acceptors (Lipinski definition) is 5. The Morgan fingerprint density at radius 3 is 2.50 bits per heavy atom. The lowest BCUT2D eigenvalue weighted by atomic mass is 9.90. The Kier molecular flexibility index (Phi) is 9.18. The molecule has 3 aromatic rings. The molecule has 1 saturated carbocycles. The van der Waals surface area contributed by atoms with Gasteiger partial charge < -0.3 is 9.30 Å². The van der Waals surface area contributed by atoms with E-state index in [2.05, 4.69) is 4.98 Å². The molecule has 0 saturated heterocycles. The van der Waals surface area contributed by atoms with Crippen LogP contribution >= 0.6 is 23.2 Å². The van der Waals surface area contributed by atoms with Crippen LogP contribution in [0.15, 0.2) is 53.4 Å². The molecule has 1 aliphatic rings. The Balaban J connectivity index is 1.44. The average Bonchev–Trinajstić information content (AvgIpc) is 3.15. The lowest BCUT2D eigenvalue weighted by molar-refractivity contribution is -0.114. The van der Waals surface area contributed by atoms with Gasteiger partial charge in [0, 0.05) is 11.1 Å². The van der Waals surface area contributed by atoms with Gasteiger partial charge in [0.25, 0.3) is 15.9 Å². The van der Waals surface area contributed by atoms with Crippen molar-refractivity contribution in [2.45, 2.75) is 57.4 Å². The van der Waals surface area contributed by atoms with E-state index in [1.807, 2.05) is 34.4 Å². The van der Waals surface area contributed by atoms with E-state index in [0.717, 1.165) is 23.0 Å². The van der Waals surface area contributed by atoms with E-state index in [0.29, 0.717) is 35.6 Å². The van der Waals surface area contributed by atoms with Gasteiger partial charge in [-0.2, -0.15) is 0 Å². The predicted octanol–water partition coefficient (Wildman–Crippen LogP) is 6.33. The monoisotopic (exact) mass is 575 g/mol. The summed E-state index contributed by atoms with van der Waals surface area (Å²) < 4.78 is 34.9. The summed E-state index contributed by atoms with van der Waals surface area (Å²) in [6, 6.07) is 11.8. The van der Waals surface area contributed by atoms with Crippen LogP contribution in [0, 0.1) is 19.8 Å². The van der Waals surface area contributed by atoms with Gasteiger partial charge in [0.05, 0.1) is 23.7 Å². The maximum atomic E-state index is 12.5. The number of rotatable bonds is 9. The summed E-state index contributed by atoms with van der Waals surface area (Å²) in [6.07, 6.45) is 8.82. The normalized spacial score (nSPS) is 14.6. The number of hydrogen-bond donors (Lipinski definition) is 1. The minimum absolute atomic E-state index is 0.00424. The lowest BCUT2D eigenvalue weighted by Crippen LogP contribution is -2.29. The molecule has 4 rings (SSSR count). The molecule has 1 N–H and O–H groups in total. The van der Waals surface area contributed by atoms with Crippen LogP contribution in [0.1, 0.15) is 54.7 Å². The molecular weight excluding hydrogens is 545 g/mol. The largest absolute Gasteiger partial charge is 0.493 e. The SMILES string of the molecule is Cc1ccc(S(=O)(=O)NC(=O)C=Cc2c(Cl)nc(C)n2Cc2ccc(OCC3CCCCC3)cc2Cl)cc1. The number of carbonyl (C=O) groups excluding carboxylic acids is 1. The molecule has 0 aliphatic heterocycles. The van der Waals surface area contributed by atoms with Crippen LogP contribution in [-0.4, -0.2) is 30.5 Å². The first-order valence-corrected chi connectivity index (χ1v) is 14.8. The van der Waals surface area contributed by atoms with Crippen LogP contribution in [0.4, 0.5) is 0 Å². The molecule has 1 aromatic heterocycles. The zero-order valence-electron chi connectivity index (χ0n) is 21.4. The third-order valence-electron chi connectivity index (χ3n) is 6.68. The van der Waals surface area contributed by atoms with E-state index < -0.39 is 15.9 Å². The molecule has 38 heavy (non-hydrogen) atoms. The van der Waals surface area contributed by atoms with Crippen LogP contribution in [0.3, 0.4) is 0 Å². The highest BCUT2D eigenvalue weighted by Gasteiger charge is 2.18. The number of benzene rings is 2. The van der Waals surface area contributed by atoms with E-state index in [-0.39, 0.29) is 10.0 Å². The fourth-order valence-electron chi connectivity index (χ4n) is 4.49. The standard InChI is InChI=1S/C28H31Cl2N3O4S/c1-19-8-12-24(13-9-19)38(35,36)32-27(34)15-14-26-28(30)31-20(2)33(26)17-22-10-11-23(16-25(22)29)37-18-21-6-4-3-5-7-21/h8-16,21H,3-7,17-18H2,1-2H3,(H,32,34). The van der Waals surface area contributed by atoms with E-state index in [1.165, 1.54) is 50.3 Å². The van der Waals surface area contributed by atoms with Gasteiger partial charge in [-0.25, -0.2) is 18.1 Å². The van der Waals surface area contributed by atoms with E-state index in [4.69, 9.17) is 27.9 Å². The fraction of sp³-hybridized carbons (Fsp3) is 0.357. The molecule has 1 fully saturated rings. The summed E-state index contributed by atoms with van der Waals surface area (Å²) in [6.45, 7) is 4.69. The summed E-state index contributed by atoms with van der Waals surface area (Å²) in [5.74, 6) is 1.15. The minimum Gasteiger partial charge on any atom is -0.493 e. The summed E-state index contributed by atoms with van der Waals surface area (Å²) in [5, 5.41) is 0.740. The molecule has 10 heteroatoms. The Labute approximate surface area is 233 Å². The van der Waals surface area contributed by atoms with Gasteiger partial charge in [-0.15, -0.1) is 0 Å². The van der Waals surface area contributed by atoms with Crippen molar-refractivity contribution in [3.63, 3.8) is 0 Å². The molecule has 1 heterocycles. The van der Waals surface area contributed by atoms with Gasteiger partial charge in [0.2, 0.25) is 0 Å². The molecule has 0 radical (unpaired) electrons. The second-order valence-electron chi connectivity index (χ2n) is 9.61. The first-order valence-electron chi connectivity index (χ1n) is 12.6. The third-order valence-corrected chi connectivity index (χ3v) is 8.67. The van der Waals surface area contributed by atoms with Gasteiger partial charge in [-0.3, -0.25) is 4.79 Å². The molecule has 1 amide bonds. The first-order chi connectivity index (χ1) is 18.1. The molecular formula is C28H31Cl2N3O4S. The third kappa shape index (κ3) is 7.18. The van der Waals surface area contributed by atoms with Crippen LogP contribution in [0.5, 0.6) is 5.75 Å². The van der Waals surface area contributed by atoms with Crippen molar-refractivity contribution < 1.29 is 17.9 Å². The van der Waals surface area contributed by atoms with Crippen molar-refractivity contribution in [2.75, 3.05) is 6.61 Å². The number of amides is 1. The maximum Gasteiger partial charge on any atom is 0.264 e. The second kappa shape index (κ2) is 12.4. The number of aryl methyl sites for hydroxylation is 2. The zero-order valence-corrected chi connectivity index (χ0v) is 23.7. The Morgan fingerprint density at radius 2 is 1.82 bits per heavy atom. The Hall–Kier alpha value is -2.81. The van der Waals surface area contributed by atoms with Gasteiger partial charge in [0.15, 0.2) is 5.15 Å². The number of nitrogens with zero attached hydrogens (tertiary/aromatic N) is 2. The summed E-state index contributed by atoms with van der Waals surface area (Å²) in [4.78, 5) is 16.8. The highest BCUT2D eigenvalue weighted by molar-refractivity contribution is 7.90. The number of ether oxygens (including phenoxy) is 1. The van der Waals surface area contributed by atoms with Crippen LogP contribution in [-0.2, 0) is 21.4 Å². The van der Waals surface area contributed by atoms with Gasteiger partial charge in [-0.1, -0.05) is 66.2 Å². The van der Waals surface area contributed by atoms with Crippen LogP contribution in [0.25, 0.3) is 6.08 Å². The quantitative estimate of drug-likeness (QED) is 0.301. The summed E-state index contributed by atoms with van der Waals surface area (Å²) in [5.41, 5.74) is 2.20. The number of nitrogens with one attached hydrogen (secondary N) is 1. The fourth-order valence-corrected chi connectivity index (χ4v) is 5.95. The van der Waals surface area contributed by atoms with Crippen molar-refractivity contribution in [1.29, 1.82) is 0 Å². The Bertz CT molecular complexity index is 1430. The average molecular weight is 577 g/mol. The van der Waals surface area contributed by atoms with Gasteiger partial charge in [-0.05, 0) is 68.5 Å². The van der Waals surface area contributed by atoms with Crippen LogP contribution < -0.4 is 9.46 Å². The van der Waals surface area contributed by atoms with Crippen molar-refractivity contribution in [3.05, 3.63) is 81.4 Å². The molecule has 0 spiro atoms.